The normalized spacial score (nSPS) is 21.0. The quantitative estimate of drug-likeness (QED) is 0.884. The minimum atomic E-state index is -1.40. The highest BCUT2D eigenvalue weighted by Gasteiger charge is 2.44. The highest BCUT2D eigenvalue weighted by molar-refractivity contribution is 5.96. The molecule has 1 saturated heterocycles. The number of nitrogens with zero attached hydrogens (tertiary/aromatic N) is 1. The molecule has 0 aromatic heterocycles. The molecule has 1 aromatic carbocycles. The van der Waals surface area contributed by atoms with E-state index in [1.165, 1.54) is 29.2 Å². The van der Waals surface area contributed by atoms with E-state index in [2.05, 4.69) is 5.32 Å². The monoisotopic (exact) mass is 296 g/mol. The lowest BCUT2D eigenvalue weighted by Crippen LogP contribution is -2.58. The summed E-state index contributed by atoms with van der Waals surface area (Å²) in [7, 11) is 0. The van der Waals surface area contributed by atoms with Gasteiger partial charge >= 0.3 is 12.0 Å². The number of benzene rings is 1. The number of hydrogen-bond acceptors (Lipinski definition) is 3. The van der Waals surface area contributed by atoms with Gasteiger partial charge in [-0.05, 0) is 31.2 Å². The third-order valence-corrected chi connectivity index (χ3v) is 3.48. The standard InChI is InChI=1S/C14H17FN2O4/c1-2-17(11-5-3-10(15)4-6-11)13(20)16-14(12(18)19)7-8-21-9-14/h3-6H,2,7-9H2,1H3,(H,16,20)(H,18,19). The maximum atomic E-state index is 12.9. The Balaban J connectivity index is 2.16. The van der Waals surface area contributed by atoms with Crippen LogP contribution in [0.1, 0.15) is 13.3 Å². The minimum absolute atomic E-state index is 0.0605. The number of urea groups is 1. The van der Waals surface area contributed by atoms with Gasteiger partial charge in [0.25, 0.3) is 0 Å². The van der Waals surface area contributed by atoms with Gasteiger partial charge in [-0.2, -0.15) is 0 Å². The molecular formula is C14H17FN2O4. The molecule has 21 heavy (non-hydrogen) atoms. The molecule has 114 valence electrons. The van der Waals surface area contributed by atoms with Crippen molar-refractivity contribution in [3.05, 3.63) is 30.1 Å². The predicted octanol–water partition coefficient (Wildman–Crippen LogP) is 1.61. The molecule has 0 spiro atoms. The molecule has 0 aliphatic carbocycles. The smallest absolute Gasteiger partial charge is 0.332 e. The molecule has 2 amide bonds. The SMILES string of the molecule is CCN(C(=O)NC1(C(=O)O)CCOC1)c1ccc(F)cc1. The molecule has 1 heterocycles. The van der Waals surface area contributed by atoms with Crippen LogP contribution < -0.4 is 10.2 Å². The summed E-state index contributed by atoms with van der Waals surface area (Å²) >= 11 is 0. The Labute approximate surface area is 121 Å². The van der Waals surface area contributed by atoms with Gasteiger partial charge in [-0.25, -0.2) is 14.0 Å². The molecule has 1 fully saturated rings. The van der Waals surface area contributed by atoms with E-state index >= 15 is 0 Å². The molecule has 0 saturated carbocycles. The first-order valence-corrected chi connectivity index (χ1v) is 6.65. The van der Waals surface area contributed by atoms with Crippen molar-refractivity contribution in [2.75, 3.05) is 24.7 Å². The average molecular weight is 296 g/mol. The number of rotatable bonds is 4. The summed E-state index contributed by atoms with van der Waals surface area (Å²) in [6.07, 6.45) is 0.217. The lowest BCUT2D eigenvalue weighted by Gasteiger charge is -2.29. The fraction of sp³-hybridized carbons (Fsp3) is 0.429. The van der Waals surface area contributed by atoms with Gasteiger partial charge in [0.15, 0.2) is 5.54 Å². The van der Waals surface area contributed by atoms with Crippen LogP contribution in [0.4, 0.5) is 14.9 Å². The number of carboxylic acids is 1. The second-order valence-electron chi connectivity index (χ2n) is 4.84. The summed E-state index contributed by atoms with van der Waals surface area (Å²) < 4.78 is 18.0. The minimum Gasteiger partial charge on any atom is -0.479 e. The number of nitrogens with one attached hydrogen (secondary N) is 1. The fourth-order valence-corrected chi connectivity index (χ4v) is 2.22. The van der Waals surface area contributed by atoms with Crippen molar-refractivity contribution >= 4 is 17.7 Å². The predicted molar refractivity (Wildman–Crippen MR) is 73.8 cm³/mol. The van der Waals surface area contributed by atoms with Crippen molar-refractivity contribution in [3.63, 3.8) is 0 Å². The van der Waals surface area contributed by atoms with E-state index in [-0.39, 0.29) is 19.6 Å². The maximum absolute atomic E-state index is 12.9. The van der Waals surface area contributed by atoms with Crippen molar-refractivity contribution in [2.45, 2.75) is 18.9 Å². The molecule has 6 nitrogen and oxygen atoms in total. The molecule has 7 heteroatoms. The molecule has 2 rings (SSSR count). The van der Waals surface area contributed by atoms with E-state index in [4.69, 9.17) is 4.74 Å². The van der Waals surface area contributed by atoms with Crippen LogP contribution >= 0.6 is 0 Å². The van der Waals surface area contributed by atoms with E-state index in [0.717, 1.165) is 0 Å². The summed E-state index contributed by atoms with van der Waals surface area (Å²) in [5.41, 5.74) is -0.902. The van der Waals surface area contributed by atoms with E-state index < -0.39 is 23.4 Å². The second-order valence-corrected chi connectivity index (χ2v) is 4.84. The number of anilines is 1. The van der Waals surface area contributed by atoms with Crippen molar-refractivity contribution < 1.29 is 23.8 Å². The zero-order chi connectivity index (χ0) is 15.5. The Morgan fingerprint density at radius 2 is 2.10 bits per heavy atom. The molecule has 2 N–H and O–H groups in total. The van der Waals surface area contributed by atoms with Crippen molar-refractivity contribution in [1.29, 1.82) is 0 Å². The van der Waals surface area contributed by atoms with Gasteiger partial charge in [-0.3, -0.25) is 4.90 Å². The van der Waals surface area contributed by atoms with Gasteiger partial charge < -0.3 is 15.2 Å². The van der Waals surface area contributed by atoms with Crippen LogP contribution in [0.15, 0.2) is 24.3 Å². The molecular weight excluding hydrogens is 279 g/mol. The van der Waals surface area contributed by atoms with Gasteiger partial charge in [0.2, 0.25) is 0 Å². The highest BCUT2D eigenvalue weighted by Crippen LogP contribution is 2.21. The number of aliphatic carboxylic acids is 1. The van der Waals surface area contributed by atoms with Gasteiger partial charge in [0, 0.05) is 25.3 Å². The fourth-order valence-electron chi connectivity index (χ4n) is 2.22. The Kier molecular flexibility index (Phi) is 4.42. The molecule has 1 aliphatic heterocycles. The number of halogens is 1. The zero-order valence-electron chi connectivity index (χ0n) is 11.6. The first-order valence-electron chi connectivity index (χ1n) is 6.65. The van der Waals surface area contributed by atoms with Crippen molar-refractivity contribution in [1.82, 2.24) is 5.32 Å². The number of hydrogen-bond donors (Lipinski definition) is 2. The van der Waals surface area contributed by atoms with Crippen LogP contribution in [0, 0.1) is 5.82 Å². The number of amides is 2. The Hall–Kier alpha value is -2.15. The van der Waals surface area contributed by atoms with Gasteiger partial charge in [-0.1, -0.05) is 0 Å². The first-order chi connectivity index (χ1) is 9.98. The summed E-state index contributed by atoms with van der Waals surface area (Å²) in [6.45, 7) is 2.31. The Morgan fingerprint density at radius 1 is 1.43 bits per heavy atom. The lowest BCUT2D eigenvalue weighted by molar-refractivity contribution is -0.144. The van der Waals surface area contributed by atoms with Crippen molar-refractivity contribution in [2.24, 2.45) is 0 Å². The van der Waals surface area contributed by atoms with Crippen LogP contribution in [-0.2, 0) is 9.53 Å². The van der Waals surface area contributed by atoms with Crippen LogP contribution in [0.25, 0.3) is 0 Å². The Bertz CT molecular complexity index is 526. The summed E-state index contributed by atoms with van der Waals surface area (Å²) in [5, 5.41) is 11.8. The number of ether oxygens (including phenoxy) is 1. The molecule has 1 aliphatic rings. The van der Waals surface area contributed by atoms with Crippen LogP contribution in [-0.4, -0.2) is 42.4 Å². The molecule has 1 aromatic rings. The van der Waals surface area contributed by atoms with Crippen LogP contribution in [0.5, 0.6) is 0 Å². The van der Waals surface area contributed by atoms with Crippen LogP contribution in [0.3, 0.4) is 0 Å². The number of carbonyl (C=O) groups is 2. The summed E-state index contributed by atoms with van der Waals surface area (Å²) in [6, 6.07) is 4.89. The topological polar surface area (TPSA) is 78.9 Å². The van der Waals surface area contributed by atoms with Crippen molar-refractivity contribution in [3.8, 4) is 0 Å². The van der Waals surface area contributed by atoms with Crippen LogP contribution in [0.2, 0.25) is 0 Å². The Morgan fingerprint density at radius 3 is 2.57 bits per heavy atom. The maximum Gasteiger partial charge on any atom is 0.332 e. The highest BCUT2D eigenvalue weighted by atomic mass is 19.1. The molecule has 0 radical (unpaired) electrons. The number of carbonyl (C=O) groups excluding carboxylic acids is 1. The van der Waals surface area contributed by atoms with E-state index in [1.54, 1.807) is 6.92 Å². The first kappa shape index (κ1) is 15.2. The van der Waals surface area contributed by atoms with E-state index in [9.17, 15) is 19.1 Å². The lowest BCUT2D eigenvalue weighted by atomic mass is 9.99. The second kappa shape index (κ2) is 6.09. The number of carboxylic acid groups (broad SMARTS) is 1. The largest absolute Gasteiger partial charge is 0.479 e. The van der Waals surface area contributed by atoms with E-state index in [1.807, 2.05) is 0 Å². The average Bonchev–Trinajstić information content (AvgIpc) is 2.91. The summed E-state index contributed by atoms with van der Waals surface area (Å²) in [4.78, 5) is 25.1. The third kappa shape index (κ3) is 3.13. The third-order valence-electron chi connectivity index (χ3n) is 3.48. The summed E-state index contributed by atoms with van der Waals surface area (Å²) in [5.74, 6) is -1.52. The van der Waals surface area contributed by atoms with E-state index in [0.29, 0.717) is 12.2 Å². The van der Waals surface area contributed by atoms with Gasteiger partial charge in [-0.15, -0.1) is 0 Å². The molecule has 1 atom stereocenters. The van der Waals surface area contributed by atoms with Gasteiger partial charge in [0.1, 0.15) is 5.82 Å². The zero-order valence-corrected chi connectivity index (χ0v) is 11.6. The van der Waals surface area contributed by atoms with Gasteiger partial charge in [0.05, 0.1) is 6.61 Å². The molecule has 1 unspecified atom stereocenters. The molecule has 0 bridgehead atoms.